The van der Waals surface area contributed by atoms with Gasteiger partial charge in [-0.3, -0.25) is 9.69 Å². The van der Waals surface area contributed by atoms with Crippen LogP contribution in [0.4, 0.5) is 13.2 Å². The van der Waals surface area contributed by atoms with Crippen LogP contribution in [0.5, 0.6) is 5.75 Å². The van der Waals surface area contributed by atoms with Gasteiger partial charge in [0.1, 0.15) is 17.1 Å². The third kappa shape index (κ3) is 10.7. The van der Waals surface area contributed by atoms with Gasteiger partial charge in [0.2, 0.25) is 5.78 Å². The summed E-state index contributed by atoms with van der Waals surface area (Å²) in [5.74, 6) is -2.04. The largest absolute Gasteiger partial charge is 0.490 e. The maximum absolute atomic E-state index is 12.6. The van der Waals surface area contributed by atoms with Crippen molar-refractivity contribution in [3.63, 3.8) is 0 Å². The molecule has 2 fully saturated rings. The summed E-state index contributed by atoms with van der Waals surface area (Å²) < 4.78 is 43.6. The molecular formula is C33H38F3N3O7. The molecule has 0 radical (unpaired) electrons. The van der Waals surface area contributed by atoms with Crippen molar-refractivity contribution in [1.29, 1.82) is 0 Å². The van der Waals surface area contributed by atoms with Gasteiger partial charge in [-0.2, -0.15) is 13.2 Å². The van der Waals surface area contributed by atoms with Gasteiger partial charge < -0.3 is 19.4 Å². The van der Waals surface area contributed by atoms with Crippen LogP contribution in [0, 0.1) is 5.92 Å². The standard InChI is InChI=1S/C31H37N3O5.C2HF3O2/c35-28(30-32-20-29(39-30)26-12-6-13-27(33-26)31(36)37)14-5-7-22-15-17-34(18-16-22)21-23-8-4-11-25(19-23)38-24-9-2-1-3-10-24;3-2(4,5)1(6)7/h4,6,8,11-13,19-20,22,24H,1-3,5,7,9-10,14-18,21H2,(H,36,37);(H,6,7). The number of aliphatic carboxylic acids is 1. The van der Waals surface area contributed by atoms with Gasteiger partial charge in [0.25, 0.3) is 5.89 Å². The molecule has 1 aromatic carbocycles. The first-order valence-corrected chi connectivity index (χ1v) is 15.5. The number of oxazole rings is 1. The number of hydrogen-bond donors (Lipinski definition) is 2. The molecule has 0 spiro atoms. The van der Waals surface area contributed by atoms with E-state index < -0.39 is 18.1 Å². The van der Waals surface area contributed by atoms with E-state index in [4.69, 9.17) is 24.2 Å². The van der Waals surface area contributed by atoms with E-state index in [2.05, 4.69) is 39.1 Å². The van der Waals surface area contributed by atoms with Crippen LogP contribution in [0.2, 0.25) is 0 Å². The number of benzene rings is 1. The van der Waals surface area contributed by atoms with Gasteiger partial charge in [0.15, 0.2) is 5.76 Å². The lowest BCUT2D eigenvalue weighted by molar-refractivity contribution is -0.192. The van der Waals surface area contributed by atoms with Gasteiger partial charge in [-0.15, -0.1) is 0 Å². The summed E-state index contributed by atoms with van der Waals surface area (Å²) in [4.78, 5) is 43.3. The number of halogens is 3. The van der Waals surface area contributed by atoms with Crippen LogP contribution in [-0.4, -0.2) is 68.2 Å². The van der Waals surface area contributed by atoms with Crippen molar-refractivity contribution in [2.24, 2.45) is 5.92 Å². The quantitative estimate of drug-likeness (QED) is 0.208. The number of rotatable bonds is 11. The van der Waals surface area contributed by atoms with Crippen LogP contribution in [0.15, 0.2) is 53.1 Å². The first kappa shape index (κ1) is 34.6. The van der Waals surface area contributed by atoms with Crippen LogP contribution >= 0.6 is 0 Å². The number of likely N-dealkylation sites (tertiary alicyclic amines) is 1. The Morgan fingerprint density at radius 2 is 1.67 bits per heavy atom. The molecule has 1 saturated heterocycles. The number of pyridine rings is 1. The van der Waals surface area contributed by atoms with E-state index >= 15 is 0 Å². The average Bonchev–Trinajstić information content (AvgIpc) is 3.53. The number of piperidine rings is 1. The molecular weight excluding hydrogens is 607 g/mol. The molecule has 3 heterocycles. The van der Waals surface area contributed by atoms with E-state index in [0.717, 1.165) is 51.1 Å². The Hall–Kier alpha value is -4.26. The second kappa shape index (κ2) is 16.3. The molecule has 1 aliphatic carbocycles. The number of alkyl halides is 3. The van der Waals surface area contributed by atoms with Crippen LogP contribution in [0.3, 0.4) is 0 Å². The van der Waals surface area contributed by atoms with Crippen LogP contribution < -0.4 is 4.74 Å². The first-order valence-electron chi connectivity index (χ1n) is 15.5. The second-order valence-electron chi connectivity index (χ2n) is 11.6. The number of carbonyl (C=O) groups is 3. The molecule has 46 heavy (non-hydrogen) atoms. The second-order valence-corrected chi connectivity index (χ2v) is 11.6. The summed E-state index contributed by atoms with van der Waals surface area (Å²) >= 11 is 0. The maximum atomic E-state index is 12.6. The first-order chi connectivity index (χ1) is 22.0. The minimum absolute atomic E-state index is 0.0528. The van der Waals surface area contributed by atoms with Gasteiger partial charge in [-0.25, -0.2) is 19.6 Å². The van der Waals surface area contributed by atoms with Crippen molar-refractivity contribution < 1.29 is 46.9 Å². The lowest BCUT2D eigenvalue weighted by Crippen LogP contribution is -2.33. The molecule has 0 bridgehead atoms. The summed E-state index contributed by atoms with van der Waals surface area (Å²) in [6, 6.07) is 13.2. The fourth-order valence-electron chi connectivity index (χ4n) is 5.65. The number of nitrogens with zero attached hydrogens (tertiary/aromatic N) is 3. The third-order valence-electron chi connectivity index (χ3n) is 8.09. The Morgan fingerprint density at radius 3 is 2.35 bits per heavy atom. The van der Waals surface area contributed by atoms with Crippen molar-refractivity contribution in [2.45, 2.75) is 83.0 Å². The Labute approximate surface area is 264 Å². The number of carboxylic acid groups (broad SMARTS) is 2. The molecule has 0 atom stereocenters. The van der Waals surface area contributed by atoms with E-state index in [-0.39, 0.29) is 17.4 Å². The van der Waals surface area contributed by atoms with Gasteiger partial charge in [0, 0.05) is 13.0 Å². The normalized spacial score (nSPS) is 16.3. The summed E-state index contributed by atoms with van der Waals surface area (Å²) in [5.41, 5.74) is 1.57. The minimum Gasteiger partial charge on any atom is -0.490 e. The number of aromatic carboxylic acids is 1. The zero-order chi connectivity index (χ0) is 33.1. The van der Waals surface area contributed by atoms with Crippen molar-refractivity contribution in [3.8, 4) is 17.2 Å². The fraction of sp³-hybridized carbons (Fsp3) is 0.485. The lowest BCUT2D eigenvalue weighted by Gasteiger charge is -2.32. The molecule has 0 amide bonds. The monoisotopic (exact) mass is 645 g/mol. The zero-order valence-corrected chi connectivity index (χ0v) is 25.4. The molecule has 0 unspecified atom stereocenters. The summed E-state index contributed by atoms with van der Waals surface area (Å²) in [6.07, 6.45) is 7.41. The van der Waals surface area contributed by atoms with E-state index in [1.807, 2.05) is 0 Å². The maximum Gasteiger partial charge on any atom is 0.490 e. The Bertz CT molecular complexity index is 1460. The number of ether oxygens (including phenoxy) is 1. The lowest BCUT2D eigenvalue weighted by atomic mass is 9.91. The number of hydrogen-bond acceptors (Lipinski definition) is 8. The van der Waals surface area contributed by atoms with E-state index in [1.165, 1.54) is 49.9 Å². The van der Waals surface area contributed by atoms with Crippen LogP contribution in [-0.2, 0) is 11.3 Å². The third-order valence-corrected chi connectivity index (χ3v) is 8.09. The molecule has 2 N–H and O–H groups in total. The molecule has 5 rings (SSSR count). The molecule has 248 valence electrons. The molecule has 13 heteroatoms. The van der Waals surface area contributed by atoms with Crippen LogP contribution in [0.1, 0.15) is 90.9 Å². The van der Waals surface area contributed by atoms with Gasteiger partial charge in [-0.1, -0.05) is 24.6 Å². The Morgan fingerprint density at radius 1 is 0.978 bits per heavy atom. The molecule has 3 aromatic rings. The fourth-order valence-corrected chi connectivity index (χ4v) is 5.65. The van der Waals surface area contributed by atoms with Gasteiger partial charge >= 0.3 is 18.1 Å². The van der Waals surface area contributed by atoms with Crippen molar-refractivity contribution in [3.05, 3.63) is 65.8 Å². The number of carbonyl (C=O) groups excluding carboxylic acids is 1. The highest BCUT2D eigenvalue weighted by molar-refractivity contribution is 5.92. The van der Waals surface area contributed by atoms with Crippen molar-refractivity contribution >= 4 is 17.7 Å². The number of carboxylic acids is 2. The molecule has 1 aliphatic heterocycles. The summed E-state index contributed by atoms with van der Waals surface area (Å²) in [6.45, 7) is 3.08. The SMILES string of the molecule is O=C(O)C(F)(F)F.O=C(O)c1cccc(-c2cnc(C(=O)CCCC3CCN(Cc4cccc(OC5CCCCC5)c4)CC3)o2)n1. The highest BCUT2D eigenvalue weighted by Gasteiger charge is 2.38. The highest BCUT2D eigenvalue weighted by atomic mass is 19.4. The Balaban J connectivity index is 0.000000617. The minimum atomic E-state index is -5.08. The average molecular weight is 646 g/mol. The molecule has 1 saturated carbocycles. The predicted molar refractivity (Wildman–Crippen MR) is 161 cm³/mol. The molecule has 2 aromatic heterocycles. The summed E-state index contributed by atoms with van der Waals surface area (Å²) in [7, 11) is 0. The highest BCUT2D eigenvalue weighted by Crippen LogP contribution is 2.27. The van der Waals surface area contributed by atoms with Gasteiger partial charge in [-0.05, 0) is 100 Å². The summed E-state index contributed by atoms with van der Waals surface area (Å²) in [5, 5.41) is 16.3. The van der Waals surface area contributed by atoms with E-state index in [9.17, 15) is 22.8 Å². The van der Waals surface area contributed by atoms with E-state index in [1.54, 1.807) is 12.1 Å². The van der Waals surface area contributed by atoms with Crippen molar-refractivity contribution in [1.82, 2.24) is 14.9 Å². The van der Waals surface area contributed by atoms with Crippen molar-refractivity contribution in [2.75, 3.05) is 13.1 Å². The van der Waals surface area contributed by atoms with Gasteiger partial charge in [0.05, 0.1) is 12.3 Å². The predicted octanol–water partition coefficient (Wildman–Crippen LogP) is 7.04. The topological polar surface area (TPSA) is 143 Å². The van der Waals surface area contributed by atoms with E-state index in [0.29, 0.717) is 29.9 Å². The molecule has 2 aliphatic rings. The number of ketones is 1. The number of Topliss-reactive ketones (excluding diaryl/α,β-unsaturated/α-hetero) is 1. The Kier molecular flexibility index (Phi) is 12.3. The smallest absolute Gasteiger partial charge is 0.490 e. The zero-order valence-electron chi connectivity index (χ0n) is 25.4. The number of aromatic nitrogens is 2. The molecule has 10 nitrogen and oxygen atoms in total. The van der Waals surface area contributed by atoms with Crippen LogP contribution in [0.25, 0.3) is 11.5 Å².